The normalized spacial score (nSPS) is 14.4. The van der Waals surface area contributed by atoms with Crippen molar-refractivity contribution in [2.45, 2.75) is 13.5 Å². The first-order valence-electron chi connectivity index (χ1n) is 11.2. The summed E-state index contributed by atoms with van der Waals surface area (Å²) in [5, 5.41) is 13.2. The highest BCUT2D eigenvalue weighted by atomic mass is 79.9. The number of nitro groups is 1. The molecule has 9 nitrogen and oxygen atoms in total. The SMILES string of the molecule is CCOc1cc(/C=C2/C(=O)NC(=S)N(c3ccc(F)cc3)C2=O)c(Br)cc1OCc1ccc([N+](=O)[O-])cc1. The molecular weight excluding hydrogens is 581 g/mol. The third-order valence-electron chi connectivity index (χ3n) is 5.39. The lowest BCUT2D eigenvalue weighted by molar-refractivity contribution is -0.384. The minimum atomic E-state index is -0.679. The second kappa shape index (κ2) is 11.5. The highest BCUT2D eigenvalue weighted by molar-refractivity contribution is 9.10. The lowest BCUT2D eigenvalue weighted by Gasteiger charge is -2.29. The second-order valence-electron chi connectivity index (χ2n) is 7.90. The number of non-ortho nitro benzene ring substituents is 1. The van der Waals surface area contributed by atoms with Gasteiger partial charge in [0.25, 0.3) is 17.5 Å². The van der Waals surface area contributed by atoms with Gasteiger partial charge in [0.05, 0.1) is 17.2 Å². The highest BCUT2D eigenvalue weighted by Crippen LogP contribution is 2.36. The minimum Gasteiger partial charge on any atom is -0.490 e. The van der Waals surface area contributed by atoms with Crippen LogP contribution in [-0.2, 0) is 16.2 Å². The van der Waals surface area contributed by atoms with Gasteiger partial charge in [0.2, 0.25) is 0 Å². The van der Waals surface area contributed by atoms with Gasteiger partial charge in [-0.1, -0.05) is 15.9 Å². The molecule has 0 saturated carbocycles. The molecule has 12 heteroatoms. The van der Waals surface area contributed by atoms with Crippen molar-refractivity contribution in [3.8, 4) is 11.5 Å². The van der Waals surface area contributed by atoms with Crippen LogP contribution in [0, 0.1) is 15.9 Å². The molecular formula is C26H19BrFN3O6S. The molecule has 1 N–H and O–H groups in total. The van der Waals surface area contributed by atoms with E-state index < -0.39 is 22.6 Å². The van der Waals surface area contributed by atoms with Gasteiger partial charge in [-0.05, 0) is 84.9 Å². The molecule has 0 aromatic heterocycles. The zero-order valence-electron chi connectivity index (χ0n) is 19.8. The van der Waals surface area contributed by atoms with Gasteiger partial charge < -0.3 is 9.47 Å². The third kappa shape index (κ3) is 5.87. The van der Waals surface area contributed by atoms with E-state index in [1.165, 1.54) is 42.5 Å². The summed E-state index contributed by atoms with van der Waals surface area (Å²) in [5.74, 6) is -1.09. The number of ether oxygens (including phenoxy) is 2. The molecule has 1 saturated heterocycles. The Balaban J connectivity index is 1.62. The van der Waals surface area contributed by atoms with Crippen LogP contribution in [0.5, 0.6) is 11.5 Å². The number of halogens is 2. The van der Waals surface area contributed by atoms with Crippen molar-refractivity contribution >= 4 is 62.5 Å². The number of hydrogen-bond donors (Lipinski definition) is 1. The Kier molecular flexibility index (Phi) is 8.13. The second-order valence-corrected chi connectivity index (χ2v) is 9.14. The van der Waals surface area contributed by atoms with Crippen molar-refractivity contribution < 1.29 is 28.4 Å². The quantitative estimate of drug-likeness (QED) is 0.123. The molecule has 1 fully saturated rings. The largest absolute Gasteiger partial charge is 0.490 e. The predicted molar refractivity (Wildman–Crippen MR) is 145 cm³/mol. The first-order valence-corrected chi connectivity index (χ1v) is 12.4. The lowest BCUT2D eigenvalue weighted by atomic mass is 10.1. The first kappa shape index (κ1) is 26.9. The van der Waals surface area contributed by atoms with Gasteiger partial charge in [-0.15, -0.1) is 0 Å². The molecule has 1 aliphatic heterocycles. The van der Waals surface area contributed by atoms with Crippen molar-refractivity contribution in [1.82, 2.24) is 5.32 Å². The monoisotopic (exact) mass is 599 g/mol. The molecule has 0 atom stereocenters. The summed E-state index contributed by atoms with van der Waals surface area (Å²) in [6.07, 6.45) is 1.39. The zero-order valence-corrected chi connectivity index (χ0v) is 22.2. The maximum atomic E-state index is 13.4. The maximum Gasteiger partial charge on any atom is 0.270 e. The Labute approximate surface area is 230 Å². The fourth-order valence-electron chi connectivity index (χ4n) is 3.56. The number of nitrogens with one attached hydrogen (secondary N) is 1. The number of nitrogens with zero attached hydrogens (tertiary/aromatic N) is 2. The topological polar surface area (TPSA) is 111 Å². The fraction of sp³-hybridized carbons (Fsp3) is 0.115. The number of thiocarbonyl (C=S) groups is 1. The smallest absolute Gasteiger partial charge is 0.270 e. The van der Waals surface area contributed by atoms with Crippen LogP contribution in [0.4, 0.5) is 15.8 Å². The molecule has 0 aliphatic carbocycles. The molecule has 0 spiro atoms. The van der Waals surface area contributed by atoms with E-state index in [4.69, 9.17) is 21.7 Å². The molecule has 0 bridgehead atoms. The highest BCUT2D eigenvalue weighted by Gasteiger charge is 2.34. The number of nitro benzene ring substituents is 1. The number of carbonyl (C=O) groups excluding carboxylic acids is 2. The molecule has 3 aromatic rings. The van der Waals surface area contributed by atoms with Gasteiger partial charge in [0, 0.05) is 16.6 Å². The summed E-state index contributed by atoms with van der Waals surface area (Å²) < 4.78 is 25.5. The summed E-state index contributed by atoms with van der Waals surface area (Å²) in [4.78, 5) is 37.4. The van der Waals surface area contributed by atoms with E-state index in [0.717, 1.165) is 4.90 Å². The molecule has 0 unspecified atom stereocenters. The zero-order chi connectivity index (χ0) is 27.4. The van der Waals surface area contributed by atoms with Crippen LogP contribution in [0.15, 0.2) is 70.7 Å². The van der Waals surface area contributed by atoms with Crippen LogP contribution in [0.25, 0.3) is 6.08 Å². The van der Waals surface area contributed by atoms with Gasteiger partial charge in [0.1, 0.15) is 18.0 Å². The van der Waals surface area contributed by atoms with E-state index in [-0.39, 0.29) is 23.0 Å². The van der Waals surface area contributed by atoms with E-state index in [2.05, 4.69) is 21.2 Å². The number of carbonyl (C=O) groups is 2. The number of anilines is 1. The van der Waals surface area contributed by atoms with Gasteiger partial charge in [0.15, 0.2) is 16.6 Å². The van der Waals surface area contributed by atoms with E-state index in [0.29, 0.717) is 39.4 Å². The standard InChI is InChI=1S/C26H19BrFN3O6S/c1-2-36-22-12-16(21(27)13-23(22)37-14-15-3-7-19(8-4-15)31(34)35)11-20-24(32)29-26(38)30(25(20)33)18-9-5-17(28)6-10-18/h3-13H,2,14H2,1H3,(H,29,32,38)/b20-11-. The van der Waals surface area contributed by atoms with E-state index >= 15 is 0 Å². The average molecular weight is 600 g/mol. The summed E-state index contributed by atoms with van der Waals surface area (Å²) in [5.41, 5.74) is 1.26. The van der Waals surface area contributed by atoms with Gasteiger partial charge >= 0.3 is 0 Å². The van der Waals surface area contributed by atoms with Crippen LogP contribution in [-0.4, -0.2) is 28.5 Å². The molecule has 0 radical (unpaired) electrons. The van der Waals surface area contributed by atoms with Crippen LogP contribution < -0.4 is 19.7 Å². The van der Waals surface area contributed by atoms with Gasteiger partial charge in [-0.3, -0.25) is 29.9 Å². The Morgan fingerprint density at radius 2 is 1.74 bits per heavy atom. The average Bonchev–Trinajstić information content (AvgIpc) is 2.88. The first-order chi connectivity index (χ1) is 18.2. The molecule has 1 aliphatic rings. The molecule has 38 heavy (non-hydrogen) atoms. The predicted octanol–water partition coefficient (Wildman–Crippen LogP) is 5.31. The van der Waals surface area contributed by atoms with Crippen LogP contribution >= 0.6 is 28.1 Å². The van der Waals surface area contributed by atoms with Gasteiger partial charge in [-0.2, -0.15) is 0 Å². The Hall–Kier alpha value is -4.16. The van der Waals surface area contributed by atoms with Crippen molar-refractivity contribution in [3.63, 3.8) is 0 Å². The van der Waals surface area contributed by atoms with Crippen molar-refractivity contribution in [2.75, 3.05) is 11.5 Å². The number of hydrogen-bond acceptors (Lipinski definition) is 7. The summed E-state index contributed by atoms with van der Waals surface area (Å²) >= 11 is 8.63. The van der Waals surface area contributed by atoms with Gasteiger partial charge in [-0.25, -0.2) is 4.39 Å². The van der Waals surface area contributed by atoms with Crippen LogP contribution in [0.1, 0.15) is 18.1 Å². The Morgan fingerprint density at radius 3 is 2.37 bits per heavy atom. The maximum absolute atomic E-state index is 13.4. The molecule has 194 valence electrons. The Bertz CT molecular complexity index is 1460. The molecule has 1 heterocycles. The van der Waals surface area contributed by atoms with E-state index in [1.54, 1.807) is 31.2 Å². The summed E-state index contributed by atoms with van der Waals surface area (Å²) in [6, 6.07) is 14.4. The van der Waals surface area contributed by atoms with Crippen molar-refractivity contribution in [1.29, 1.82) is 0 Å². The van der Waals surface area contributed by atoms with Crippen LogP contribution in [0.3, 0.4) is 0 Å². The molecule has 4 rings (SSSR count). The summed E-state index contributed by atoms with van der Waals surface area (Å²) in [7, 11) is 0. The van der Waals surface area contributed by atoms with E-state index in [9.17, 15) is 24.1 Å². The molecule has 3 aromatic carbocycles. The molecule has 2 amide bonds. The van der Waals surface area contributed by atoms with Crippen molar-refractivity contribution in [2.24, 2.45) is 0 Å². The van der Waals surface area contributed by atoms with E-state index in [1.807, 2.05) is 0 Å². The number of rotatable bonds is 8. The minimum absolute atomic E-state index is 0.0241. The number of benzene rings is 3. The number of amides is 2. The lowest BCUT2D eigenvalue weighted by Crippen LogP contribution is -2.54. The van der Waals surface area contributed by atoms with Crippen LogP contribution in [0.2, 0.25) is 0 Å². The Morgan fingerprint density at radius 1 is 1.08 bits per heavy atom. The fourth-order valence-corrected chi connectivity index (χ4v) is 4.27. The third-order valence-corrected chi connectivity index (χ3v) is 6.36. The van der Waals surface area contributed by atoms with Crippen molar-refractivity contribution in [3.05, 3.63) is 97.8 Å². The summed E-state index contributed by atoms with van der Waals surface area (Å²) in [6.45, 7) is 2.23.